The summed E-state index contributed by atoms with van der Waals surface area (Å²) in [6.45, 7) is 4.08. The van der Waals surface area contributed by atoms with E-state index in [0.29, 0.717) is 0 Å². The molecule has 0 aromatic rings. The van der Waals surface area contributed by atoms with E-state index in [9.17, 15) is 4.79 Å². The predicted octanol–water partition coefficient (Wildman–Crippen LogP) is 2.64. The van der Waals surface area contributed by atoms with E-state index < -0.39 is 0 Å². The lowest BCUT2D eigenvalue weighted by Crippen LogP contribution is -2.44. The molecular weight excluding hydrogens is 214 g/mol. The Hall–Kier alpha value is -0.570. The second-order valence-corrected chi connectivity index (χ2v) is 5.59. The number of piperidine rings is 1. The van der Waals surface area contributed by atoms with Gasteiger partial charge < -0.3 is 10.1 Å². The Bertz CT molecular complexity index is 247. The minimum absolute atomic E-state index is 0.0905. The van der Waals surface area contributed by atoms with Crippen LogP contribution in [0.25, 0.3) is 0 Å². The first-order valence-electron chi connectivity index (χ1n) is 7.19. The van der Waals surface area contributed by atoms with Gasteiger partial charge in [0.05, 0.1) is 5.41 Å². The van der Waals surface area contributed by atoms with E-state index in [2.05, 4.69) is 12.2 Å². The molecule has 98 valence electrons. The van der Waals surface area contributed by atoms with E-state index >= 15 is 0 Å². The Labute approximate surface area is 104 Å². The van der Waals surface area contributed by atoms with Gasteiger partial charge in [-0.3, -0.25) is 4.79 Å². The predicted molar refractivity (Wildman–Crippen MR) is 67.8 cm³/mol. The Morgan fingerprint density at radius 2 is 1.94 bits per heavy atom. The maximum Gasteiger partial charge on any atom is 0.312 e. The van der Waals surface area contributed by atoms with Gasteiger partial charge in [-0.15, -0.1) is 0 Å². The van der Waals surface area contributed by atoms with E-state index in [-0.39, 0.29) is 17.5 Å². The molecule has 2 rings (SSSR count). The molecule has 1 N–H and O–H groups in total. The number of esters is 1. The fourth-order valence-electron chi connectivity index (χ4n) is 3.22. The monoisotopic (exact) mass is 239 g/mol. The van der Waals surface area contributed by atoms with E-state index in [1.807, 2.05) is 0 Å². The van der Waals surface area contributed by atoms with E-state index in [1.165, 1.54) is 12.8 Å². The van der Waals surface area contributed by atoms with Crippen LogP contribution in [0.15, 0.2) is 0 Å². The molecule has 2 fully saturated rings. The minimum atomic E-state index is -0.178. The highest BCUT2D eigenvalue weighted by Crippen LogP contribution is 2.37. The van der Waals surface area contributed by atoms with Gasteiger partial charge in [-0.25, -0.2) is 0 Å². The van der Waals surface area contributed by atoms with Gasteiger partial charge >= 0.3 is 5.97 Å². The zero-order valence-corrected chi connectivity index (χ0v) is 11.0. The summed E-state index contributed by atoms with van der Waals surface area (Å²) in [5.41, 5.74) is -0.178. The van der Waals surface area contributed by atoms with Crippen LogP contribution in [-0.2, 0) is 9.53 Å². The molecule has 2 aliphatic rings. The molecule has 3 nitrogen and oxygen atoms in total. The molecule has 1 saturated heterocycles. The number of nitrogens with one attached hydrogen (secondary N) is 1. The molecule has 0 bridgehead atoms. The number of carbonyl (C=O) groups excluding carboxylic acids is 1. The molecule has 1 heterocycles. The average Bonchev–Trinajstić information content (AvgIpc) is 2.83. The van der Waals surface area contributed by atoms with Crippen LogP contribution in [0.5, 0.6) is 0 Å². The van der Waals surface area contributed by atoms with Crippen LogP contribution >= 0.6 is 0 Å². The molecular formula is C14H25NO2. The lowest BCUT2D eigenvalue weighted by Gasteiger charge is -2.36. The lowest BCUT2D eigenvalue weighted by atomic mass is 9.75. The van der Waals surface area contributed by atoms with E-state index in [0.717, 1.165) is 51.6 Å². The third-order valence-electron chi connectivity index (χ3n) is 4.30. The largest absolute Gasteiger partial charge is 0.462 e. The van der Waals surface area contributed by atoms with Crippen molar-refractivity contribution in [2.24, 2.45) is 5.41 Å². The summed E-state index contributed by atoms with van der Waals surface area (Å²) in [5.74, 6) is 0.0905. The Kier molecular flexibility index (Phi) is 4.43. The van der Waals surface area contributed by atoms with Crippen LogP contribution < -0.4 is 5.32 Å². The maximum absolute atomic E-state index is 12.4. The molecule has 0 spiro atoms. The van der Waals surface area contributed by atoms with Gasteiger partial charge in [0.1, 0.15) is 6.10 Å². The number of hydrogen-bond donors (Lipinski definition) is 1. The highest BCUT2D eigenvalue weighted by Gasteiger charge is 2.41. The normalized spacial score (nSPS) is 24.8. The summed E-state index contributed by atoms with van der Waals surface area (Å²) in [5, 5.41) is 3.34. The summed E-state index contributed by atoms with van der Waals surface area (Å²) in [4.78, 5) is 12.4. The van der Waals surface area contributed by atoms with Crippen molar-refractivity contribution in [2.45, 2.75) is 64.4 Å². The lowest BCUT2D eigenvalue weighted by molar-refractivity contribution is -0.163. The van der Waals surface area contributed by atoms with Crippen molar-refractivity contribution in [3.63, 3.8) is 0 Å². The van der Waals surface area contributed by atoms with E-state index in [1.54, 1.807) is 0 Å². The van der Waals surface area contributed by atoms with Crippen LogP contribution in [0.1, 0.15) is 58.3 Å². The second kappa shape index (κ2) is 5.85. The number of rotatable bonds is 4. The molecule has 0 unspecified atom stereocenters. The third-order valence-corrected chi connectivity index (χ3v) is 4.30. The first-order valence-corrected chi connectivity index (χ1v) is 7.19. The van der Waals surface area contributed by atoms with Crippen LogP contribution in [-0.4, -0.2) is 25.2 Å². The number of carbonyl (C=O) groups is 1. The van der Waals surface area contributed by atoms with Crippen molar-refractivity contribution in [1.29, 1.82) is 0 Å². The second-order valence-electron chi connectivity index (χ2n) is 5.59. The molecule has 1 aliphatic carbocycles. The molecule has 3 heteroatoms. The highest BCUT2D eigenvalue weighted by molar-refractivity contribution is 5.77. The Morgan fingerprint density at radius 3 is 2.53 bits per heavy atom. The molecule has 0 radical (unpaired) electrons. The standard InChI is InChI=1S/C14H25NO2/c1-2-7-14(8-10-15-11-9-14)13(16)17-12-5-3-4-6-12/h12,15H,2-11H2,1H3. The van der Waals surface area contributed by atoms with Crippen LogP contribution in [0.4, 0.5) is 0 Å². The fourth-order valence-corrected chi connectivity index (χ4v) is 3.22. The molecule has 0 aromatic carbocycles. The summed E-state index contributed by atoms with van der Waals surface area (Å²) in [7, 11) is 0. The average molecular weight is 239 g/mol. The van der Waals surface area contributed by atoms with Gasteiger partial charge in [0.25, 0.3) is 0 Å². The van der Waals surface area contributed by atoms with Gasteiger partial charge in [0.2, 0.25) is 0 Å². The topological polar surface area (TPSA) is 38.3 Å². The van der Waals surface area contributed by atoms with Crippen LogP contribution in [0.2, 0.25) is 0 Å². The van der Waals surface area contributed by atoms with Crippen molar-refractivity contribution in [1.82, 2.24) is 5.32 Å². The zero-order valence-electron chi connectivity index (χ0n) is 11.0. The first kappa shape index (κ1) is 12.9. The van der Waals surface area contributed by atoms with Crippen molar-refractivity contribution in [3.05, 3.63) is 0 Å². The molecule has 0 aromatic heterocycles. The maximum atomic E-state index is 12.4. The summed E-state index contributed by atoms with van der Waals surface area (Å²) >= 11 is 0. The van der Waals surface area contributed by atoms with Crippen molar-refractivity contribution in [3.8, 4) is 0 Å². The fraction of sp³-hybridized carbons (Fsp3) is 0.929. The summed E-state index contributed by atoms with van der Waals surface area (Å²) in [6.07, 6.45) is 8.77. The van der Waals surface area contributed by atoms with Gasteiger partial charge in [0.15, 0.2) is 0 Å². The summed E-state index contributed by atoms with van der Waals surface area (Å²) in [6, 6.07) is 0. The van der Waals surface area contributed by atoms with Crippen LogP contribution in [0.3, 0.4) is 0 Å². The zero-order chi connectivity index (χ0) is 12.1. The van der Waals surface area contributed by atoms with Gasteiger partial charge in [0, 0.05) is 0 Å². The van der Waals surface area contributed by atoms with Gasteiger partial charge in [-0.05, 0) is 58.0 Å². The molecule has 1 aliphatic heterocycles. The smallest absolute Gasteiger partial charge is 0.312 e. The Morgan fingerprint density at radius 1 is 1.29 bits per heavy atom. The quantitative estimate of drug-likeness (QED) is 0.766. The molecule has 1 saturated carbocycles. The highest BCUT2D eigenvalue weighted by atomic mass is 16.5. The summed E-state index contributed by atoms with van der Waals surface area (Å²) < 4.78 is 5.74. The minimum Gasteiger partial charge on any atom is -0.462 e. The van der Waals surface area contributed by atoms with E-state index in [4.69, 9.17) is 4.74 Å². The SMILES string of the molecule is CCCC1(C(=O)OC2CCCC2)CCNCC1. The van der Waals surface area contributed by atoms with Crippen molar-refractivity contribution < 1.29 is 9.53 Å². The van der Waals surface area contributed by atoms with Crippen LogP contribution in [0, 0.1) is 5.41 Å². The van der Waals surface area contributed by atoms with Gasteiger partial charge in [-0.1, -0.05) is 13.3 Å². The van der Waals surface area contributed by atoms with Crippen molar-refractivity contribution in [2.75, 3.05) is 13.1 Å². The van der Waals surface area contributed by atoms with Gasteiger partial charge in [-0.2, -0.15) is 0 Å². The number of hydrogen-bond acceptors (Lipinski definition) is 3. The molecule has 0 atom stereocenters. The Balaban J connectivity index is 1.96. The first-order chi connectivity index (χ1) is 8.27. The number of ether oxygens (including phenoxy) is 1. The molecule has 0 amide bonds. The van der Waals surface area contributed by atoms with Crippen molar-refractivity contribution >= 4 is 5.97 Å². The third kappa shape index (κ3) is 3.01. The molecule has 17 heavy (non-hydrogen) atoms.